The molecule has 196 valence electrons. The maximum absolute atomic E-state index is 13.4. The number of fused-ring (bicyclic) bond motifs is 1. The zero-order valence-corrected chi connectivity index (χ0v) is 21.3. The van der Waals surface area contributed by atoms with Gasteiger partial charge in [0.25, 0.3) is 11.7 Å². The van der Waals surface area contributed by atoms with Gasteiger partial charge in [-0.25, -0.2) is 0 Å². The summed E-state index contributed by atoms with van der Waals surface area (Å²) >= 11 is 0. The van der Waals surface area contributed by atoms with Crippen molar-refractivity contribution in [3.8, 4) is 17.2 Å². The monoisotopic (exact) mass is 514 g/mol. The number of benzene rings is 2. The number of pyridine rings is 1. The number of carbonyl (C=O) groups excluding carboxylic acids is 2. The molecule has 0 spiro atoms. The van der Waals surface area contributed by atoms with E-state index in [2.05, 4.69) is 11.9 Å². The summed E-state index contributed by atoms with van der Waals surface area (Å²) in [6.45, 7) is 3.69. The average molecular weight is 515 g/mol. The molecule has 8 heteroatoms. The third-order valence-electron chi connectivity index (χ3n) is 6.62. The van der Waals surface area contributed by atoms with Crippen LogP contribution in [0.2, 0.25) is 0 Å². The molecule has 3 heterocycles. The number of aliphatic hydroxyl groups is 1. The summed E-state index contributed by atoms with van der Waals surface area (Å²) in [5.74, 6) is -0.0239. The Labute approximate surface area is 221 Å². The molecular formula is C30H30N2O6. The first kappa shape index (κ1) is 25.3. The molecule has 5 rings (SSSR count). The Morgan fingerprint density at radius 2 is 1.89 bits per heavy atom. The van der Waals surface area contributed by atoms with E-state index in [0.29, 0.717) is 48.2 Å². The second kappa shape index (κ2) is 11.4. The van der Waals surface area contributed by atoms with Crippen molar-refractivity contribution in [3.05, 3.63) is 89.3 Å². The van der Waals surface area contributed by atoms with Crippen molar-refractivity contribution in [2.24, 2.45) is 0 Å². The van der Waals surface area contributed by atoms with E-state index in [4.69, 9.17) is 14.2 Å². The molecule has 38 heavy (non-hydrogen) atoms. The van der Waals surface area contributed by atoms with Crippen LogP contribution in [0.25, 0.3) is 5.76 Å². The van der Waals surface area contributed by atoms with Crippen molar-refractivity contribution in [1.82, 2.24) is 9.88 Å². The summed E-state index contributed by atoms with van der Waals surface area (Å²) < 4.78 is 17.2. The van der Waals surface area contributed by atoms with Gasteiger partial charge in [0.2, 0.25) is 0 Å². The van der Waals surface area contributed by atoms with Gasteiger partial charge in [-0.05, 0) is 53.9 Å². The molecule has 0 aliphatic carbocycles. The van der Waals surface area contributed by atoms with Crippen LogP contribution in [-0.4, -0.2) is 46.5 Å². The molecule has 1 amide bonds. The molecule has 8 nitrogen and oxygen atoms in total. The fourth-order valence-electron chi connectivity index (χ4n) is 4.74. The highest BCUT2D eigenvalue weighted by molar-refractivity contribution is 6.46. The highest BCUT2D eigenvalue weighted by Gasteiger charge is 2.46. The van der Waals surface area contributed by atoms with Gasteiger partial charge in [-0.2, -0.15) is 0 Å². The number of amides is 1. The number of rotatable bonds is 9. The van der Waals surface area contributed by atoms with Gasteiger partial charge in [-0.15, -0.1) is 0 Å². The highest BCUT2D eigenvalue weighted by Crippen LogP contribution is 2.42. The molecule has 1 atom stereocenters. The van der Waals surface area contributed by atoms with E-state index in [-0.39, 0.29) is 17.9 Å². The number of hydrogen-bond donors (Lipinski definition) is 1. The lowest BCUT2D eigenvalue weighted by atomic mass is 9.95. The summed E-state index contributed by atoms with van der Waals surface area (Å²) in [6, 6.07) is 15.1. The standard InChI is InChI=1S/C30H30N2O6/c1-2-3-4-13-36-23-9-5-8-21(16-23)27-26(28(33)22-10-11-24-25(17-22)38-15-14-37-24)29(34)30(35)32(27)19-20-7-6-12-31-18-20/h5-12,16-18,27,33H,2-4,13-15,19H2,1H3/t27-/m1/s1. The lowest BCUT2D eigenvalue weighted by Crippen LogP contribution is -2.29. The van der Waals surface area contributed by atoms with E-state index in [9.17, 15) is 14.7 Å². The molecule has 1 N–H and O–H groups in total. The van der Waals surface area contributed by atoms with Crippen LogP contribution in [-0.2, 0) is 16.1 Å². The van der Waals surface area contributed by atoms with Gasteiger partial charge in [-0.3, -0.25) is 14.6 Å². The molecule has 1 aromatic heterocycles. The first-order valence-electron chi connectivity index (χ1n) is 12.9. The second-order valence-corrected chi connectivity index (χ2v) is 9.27. The third kappa shape index (κ3) is 5.20. The fourth-order valence-corrected chi connectivity index (χ4v) is 4.74. The molecule has 2 aromatic carbocycles. The van der Waals surface area contributed by atoms with Crippen molar-refractivity contribution < 1.29 is 28.9 Å². The summed E-state index contributed by atoms with van der Waals surface area (Å²) in [5, 5.41) is 11.4. The SMILES string of the molecule is CCCCCOc1cccc([C@@H]2C(=C(O)c3ccc4c(c3)OCCO4)C(=O)C(=O)N2Cc2cccnc2)c1. The van der Waals surface area contributed by atoms with Crippen LogP contribution in [0.4, 0.5) is 0 Å². The number of Topliss-reactive ketones (excluding diaryl/α,β-unsaturated/α-hetero) is 1. The van der Waals surface area contributed by atoms with Crippen LogP contribution in [0, 0.1) is 0 Å². The van der Waals surface area contributed by atoms with Crippen molar-refractivity contribution in [1.29, 1.82) is 0 Å². The highest BCUT2D eigenvalue weighted by atomic mass is 16.6. The Hall–Kier alpha value is -4.33. The molecule has 0 unspecified atom stereocenters. The first-order chi connectivity index (χ1) is 18.6. The Kier molecular flexibility index (Phi) is 7.58. The number of aliphatic hydroxyl groups excluding tert-OH is 1. The van der Waals surface area contributed by atoms with Gasteiger partial charge in [0.15, 0.2) is 11.5 Å². The number of ketones is 1. The summed E-state index contributed by atoms with van der Waals surface area (Å²) in [5.41, 5.74) is 1.81. The van der Waals surface area contributed by atoms with Gasteiger partial charge < -0.3 is 24.2 Å². The van der Waals surface area contributed by atoms with Crippen LogP contribution in [0.1, 0.15) is 48.9 Å². The zero-order chi connectivity index (χ0) is 26.5. The number of unbranched alkanes of at least 4 members (excludes halogenated alkanes) is 2. The van der Waals surface area contributed by atoms with E-state index in [1.165, 1.54) is 4.90 Å². The molecule has 3 aromatic rings. The fraction of sp³-hybridized carbons (Fsp3) is 0.300. The number of nitrogens with zero attached hydrogens (tertiary/aromatic N) is 2. The van der Waals surface area contributed by atoms with Crippen LogP contribution in [0.15, 0.2) is 72.6 Å². The van der Waals surface area contributed by atoms with Crippen LogP contribution in [0.3, 0.4) is 0 Å². The Bertz CT molecular complexity index is 1350. The lowest BCUT2D eigenvalue weighted by molar-refractivity contribution is -0.140. The third-order valence-corrected chi connectivity index (χ3v) is 6.62. The normalized spacial score (nSPS) is 18.0. The van der Waals surface area contributed by atoms with E-state index in [1.807, 2.05) is 30.3 Å². The van der Waals surface area contributed by atoms with Gasteiger partial charge in [-0.1, -0.05) is 38.0 Å². The Morgan fingerprint density at radius 3 is 2.68 bits per heavy atom. The van der Waals surface area contributed by atoms with Crippen molar-refractivity contribution >= 4 is 17.4 Å². The van der Waals surface area contributed by atoms with E-state index in [0.717, 1.165) is 24.8 Å². The Morgan fingerprint density at radius 1 is 1.05 bits per heavy atom. The zero-order valence-electron chi connectivity index (χ0n) is 21.3. The van der Waals surface area contributed by atoms with Crippen molar-refractivity contribution in [2.45, 2.75) is 38.8 Å². The van der Waals surface area contributed by atoms with E-state index >= 15 is 0 Å². The number of carbonyl (C=O) groups is 2. The molecule has 0 saturated carbocycles. The number of ether oxygens (including phenoxy) is 3. The summed E-state index contributed by atoms with van der Waals surface area (Å²) in [4.78, 5) is 32.4. The number of likely N-dealkylation sites (tertiary alicyclic amines) is 1. The maximum atomic E-state index is 13.4. The number of hydrogen-bond acceptors (Lipinski definition) is 7. The smallest absolute Gasteiger partial charge is 0.295 e. The van der Waals surface area contributed by atoms with Crippen LogP contribution < -0.4 is 14.2 Å². The summed E-state index contributed by atoms with van der Waals surface area (Å²) in [6.07, 6.45) is 6.40. The van der Waals surface area contributed by atoms with Crippen molar-refractivity contribution in [3.63, 3.8) is 0 Å². The van der Waals surface area contributed by atoms with E-state index in [1.54, 1.807) is 36.7 Å². The lowest BCUT2D eigenvalue weighted by Gasteiger charge is -2.26. The minimum atomic E-state index is -0.817. The topological polar surface area (TPSA) is 98.2 Å². The van der Waals surface area contributed by atoms with E-state index < -0.39 is 17.7 Å². The van der Waals surface area contributed by atoms with Gasteiger partial charge in [0, 0.05) is 24.5 Å². The van der Waals surface area contributed by atoms with Crippen molar-refractivity contribution in [2.75, 3.05) is 19.8 Å². The molecule has 0 radical (unpaired) electrons. The number of aromatic nitrogens is 1. The molecular weight excluding hydrogens is 484 g/mol. The largest absolute Gasteiger partial charge is 0.507 e. The maximum Gasteiger partial charge on any atom is 0.295 e. The van der Waals surface area contributed by atoms with Gasteiger partial charge in [0.05, 0.1) is 18.2 Å². The summed E-state index contributed by atoms with van der Waals surface area (Å²) in [7, 11) is 0. The molecule has 1 fully saturated rings. The predicted molar refractivity (Wildman–Crippen MR) is 141 cm³/mol. The van der Waals surface area contributed by atoms with Crippen LogP contribution in [0.5, 0.6) is 17.2 Å². The minimum absolute atomic E-state index is 0.0127. The van der Waals surface area contributed by atoms with Crippen LogP contribution >= 0.6 is 0 Å². The van der Waals surface area contributed by atoms with Gasteiger partial charge >= 0.3 is 0 Å². The Balaban J connectivity index is 1.56. The average Bonchev–Trinajstić information content (AvgIpc) is 3.20. The van der Waals surface area contributed by atoms with Gasteiger partial charge in [0.1, 0.15) is 24.7 Å². The second-order valence-electron chi connectivity index (χ2n) is 9.27. The molecule has 1 saturated heterocycles. The molecule has 2 aliphatic rings. The minimum Gasteiger partial charge on any atom is -0.507 e. The predicted octanol–water partition coefficient (Wildman–Crippen LogP) is 5.04. The quantitative estimate of drug-likeness (QED) is 0.185. The first-order valence-corrected chi connectivity index (χ1v) is 12.9. The molecule has 0 bridgehead atoms. The molecule has 2 aliphatic heterocycles.